The molecule has 0 heterocycles. The Balaban J connectivity index is 1.60. The lowest BCUT2D eigenvalue weighted by atomic mass is 10.1. The fourth-order valence-electron chi connectivity index (χ4n) is 2.66. The summed E-state index contributed by atoms with van der Waals surface area (Å²) in [5.41, 5.74) is 3.00. The van der Waals surface area contributed by atoms with Crippen LogP contribution in [0.3, 0.4) is 0 Å². The molecule has 0 spiro atoms. The molecule has 142 valence electrons. The lowest BCUT2D eigenvalue weighted by Crippen LogP contribution is -2.25. The van der Waals surface area contributed by atoms with Crippen LogP contribution >= 0.6 is 45.2 Å². The zero-order valence-corrected chi connectivity index (χ0v) is 19.2. The topological polar surface area (TPSA) is 58.2 Å². The van der Waals surface area contributed by atoms with Crippen molar-refractivity contribution in [3.63, 3.8) is 0 Å². The first-order valence-corrected chi connectivity index (χ1v) is 10.8. The van der Waals surface area contributed by atoms with Gasteiger partial charge in [-0.15, -0.1) is 0 Å². The van der Waals surface area contributed by atoms with Gasteiger partial charge in [-0.05, 0) is 98.8 Å². The second-order valence-electron chi connectivity index (χ2n) is 6.21. The molecule has 2 amide bonds. The Morgan fingerprint density at radius 3 is 1.50 bits per heavy atom. The normalized spacial score (nSPS) is 10.4. The Bertz CT molecular complexity index is 928. The molecular weight excluding hydrogens is 578 g/mol. The quantitative estimate of drug-likeness (QED) is 0.404. The summed E-state index contributed by atoms with van der Waals surface area (Å²) in [7, 11) is 0. The van der Waals surface area contributed by atoms with Crippen LogP contribution in [0.5, 0.6) is 0 Å². The standard InChI is InChI=1S/C22H18I2N2O2/c23-19-8-1-4-15(10-19)13-25-21(27)17-6-3-7-18(12-17)22(28)26-14-16-5-2-9-20(24)11-16/h1-12H,13-14H2,(H,25,27)(H,26,28). The van der Waals surface area contributed by atoms with E-state index in [0.717, 1.165) is 18.3 Å². The van der Waals surface area contributed by atoms with Crippen molar-refractivity contribution in [3.05, 3.63) is 102 Å². The predicted octanol–water partition coefficient (Wildman–Crippen LogP) is 4.76. The minimum atomic E-state index is -0.203. The number of amides is 2. The highest BCUT2D eigenvalue weighted by molar-refractivity contribution is 14.1. The molecule has 6 heteroatoms. The van der Waals surface area contributed by atoms with Crippen molar-refractivity contribution in [3.8, 4) is 0 Å². The van der Waals surface area contributed by atoms with Crippen LogP contribution in [0.4, 0.5) is 0 Å². The molecule has 3 rings (SSSR count). The fraction of sp³-hybridized carbons (Fsp3) is 0.0909. The monoisotopic (exact) mass is 596 g/mol. The number of benzene rings is 3. The number of hydrogen-bond donors (Lipinski definition) is 2. The maximum atomic E-state index is 12.4. The van der Waals surface area contributed by atoms with Crippen LogP contribution in [-0.2, 0) is 13.1 Å². The van der Waals surface area contributed by atoms with E-state index in [-0.39, 0.29) is 11.8 Å². The van der Waals surface area contributed by atoms with E-state index in [4.69, 9.17) is 0 Å². The van der Waals surface area contributed by atoms with E-state index in [1.165, 1.54) is 0 Å². The second kappa shape index (κ2) is 10.0. The van der Waals surface area contributed by atoms with Crippen LogP contribution in [0.15, 0.2) is 72.8 Å². The van der Waals surface area contributed by atoms with E-state index >= 15 is 0 Å². The molecule has 0 bridgehead atoms. The molecule has 2 N–H and O–H groups in total. The van der Waals surface area contributed by atoms with E-state index < -0.39 is 0 Å². The molecule has 0 saturated carbocycles. The zero-order chi connectivity index (χ0) is 19.9. The average Bonchev–Trinajstić information content (AvgIpc) is 2.70. The van der Waals surface area contributed by atoms with E-state index in [1.807, 2.05) is 48.5 Å². The summed E-state index contributed by atoms with van der Waals surface area (Å²) in [6, 6.07) is 22.7. The molecule has 0 unspecified atom stereocenters. The van der Waals surface area contributed by atoms with Crippen LogP contribution < -0.4 is 10.6 Å². The molecule has 28 heavy (non-hydrogen) atoms. The van der Waals surface area contributed by atoms with Crippen LogP contribution in [-0.4, -0.2) is 11.8 Å². The third-order valence-corrected chi connectivity index (χ3v) is 5.41. The molecule has 0 saturated heterocycles. The van der Waals surface area contributed by atoms with E-state index in [2.05, 4.69) is 55.8 Å². The van der Waals surface area contributed by atoms with Crippen molar-refractivity contribution < 1.29 is 9.59 Å². The van der Waals surface area contributed by atoms with Crippen LogP contribution in [0.25, 0.3) is 0 Å². The van der Waals surface area contributed by atoms with Gasteiger partial charge in [0.2, 0.25) is 0 Å². The number of carbonyl (C=O) groups is 2. The lowest BCUT2D eigenvalue weighted by Gasteiger charge is -2.09. The molecule has 0 aromatic heterocycles. The van der Waals surface area contributed by atoms with Crippen molar-refractivity contribution in [2.45, 2.75) is 13.1 Å². The molecule has 3 aromatic carbocycles. The highest BCUT2D eigenvalue weighted by atomic mass is 127. The van der Waals surface area contributed by atoms with Gasteiger partial charge < -0.3 is 10.6 Å². The van der Waals surface area contributed by atoms with E-state index in [0.29, 0.717) is 24.2 Å². The van der Waals surface area contributed by atoms with Crippen molar-refractivity contribution in [2.24, 2.45) is 0 Å². The van der Waals surface area contributed by atoms with Gasteiger partial charge in [-0.2, -0.15) is 0 Å². The number of nitrogens with one attached hydrogen (secondary N) is 2. The number of carbonyl (C=O) groups excluding carboxylic acids is 2. The Morgan fingerprint density at radius 1 is 0.643 bits per heavy atom. The smallest absolute Gasteiger partial charge is 0.251 e. The maximum Gasteiger partial charge on any atom is 0.251 e. The van der Waals surface area contributed by atoms with Gasteiger partial charge in [0.25, 0.3) is 11.8 Å². The minimum Gasteiger partial charge on any atom is -0.348 e. The largest absolute Gasteiger partial charge is 0.348 e. The first-order valence-electron chi connectivity index (χ1n) is 8.66. The number of rotatable bonds is 6. The SMILES string of the molecule is O=C(NCc1cccc(I)c1)c1cccc(C(=O)NCc2cccc(I)c2)c1. The Kier molecular flexibility index (Phi) is 7.43. The van der Waals surface area contributed by atoms with Crippen molar-refractivity contribution in [1.82, 2.24) is 10.6 Å². The average molecular weight is 596 g/mol. The van der Waals surface area contributed by atoms with Crippen LogP contribution in [0.1, 0.15) is 31.8 Å². The molecule has 0 radical (unpaired) electrons. The van der Waals surface area contributed by atoms with E-state index in [9.17, 15) is 9.59 Å². The van der Waals surface area contributed by atoms with E-state index in [1.54, 1.807) is 24.3 Å². The molecule has 4 nitrogen and oxygen atoms in total. The van der Waals surface area contributed by atoms with Crippen molar-refractivity contribution >= 4 is 57.0 Å². The third kappa shape index (κ3) is 6.03. The summed E-state index contributed by atoms with van der Waals surface area (Å²) >= 11 is 4.48. The lowest BCUT2D eigenvalue weighted by molar-refractivity contribution is 0.0950. The molecule has 3 aromatic rings. The summed E-state index contributed by atoms with van der Waals surface area (Å²) in [5, 5.41) is 5.80. The fourth-order valence-corrected chi connectivity index (χ4v) is 3.88. The predicted molar refractivity (Wildman–Crippen MR) is 127 cm³/mol. The first kappa shape index (κ1) is 20.8. The molecule has 0 fully saturated rings. The van der Waals surface area contributed by atoms with Crippen molar-refractivity contribution in [2.75, 3.05) is 0 Å². The zero-order valence-electron chi connectivity index (χ0n) is 14.9. The van der Waals surface area contributed by atoms with Gasteiger partial charge in [0, 0.05) is 31.4 Å². The Labute approximate surface area is 191 Å². The number of hydrogen-bond acceptors (Lipinski definition) is 2. The summed E-state index contributed by atoms with van der Waals surface area (Å²) in [6.45, 7) is 0.886. The molecular formula is C22H18I2N2O2. The van der Waals surface area contributed by atoms with Gasteiger partial charge in [-0.25, -0.2) is 0 Å². The van der Waals surface area contributed by atoms with Gasteiger partial charge in [0.15, 0.2) is 0 Å². The Morgan fingerprint density at radius 2 is 1.07 bits per heavy atom. The molecule has 0 atom stereocenters. The molecule has 0 aliphatic carbocycles. The maximum absolute atomic E-state index is 12.4. The van der Waals surface area contributed by atoms with Gasteiger partial charge in [0.1, 0.15) is 0 Å². The molecule has 0 aliphatic rings. The van der Waals surface area contributed by atoms with Crippen LogP contribution in [0.2, 0.25) is 0 Å². The second-order valence-corrected chi connectivity index (χ2v) is 8.70. The van der Waals surface area contributed by atoms with Gasteiger partial charge in [-0.3, -0.25) is 9.59 Å². The van der Waals surface area contributed by atoms with Crippen molar-refractivity contribution in [1.29, 1.82) is 0 Å². The highest BCUT2D eigenvalue weighted by Gasteiger charge is 2.10. The van der Waals surface area contributed by atoms with Gasteiger partial charge in [0.05, 0.1) is 0 Å². The number of halogens is 2. The summed E-state index contributed by atoms with van der Waals surface area (Å²) in [4.78, 5) is 24.9. The third-order valence-electron chi connectivity index (χ3n) is 4.07. The van der Waals surface area contributed by atoms with Crippen LogP contribution in [0, 0.1) is 7.14 Å². The Hall–Kier alpha value is -1.94. The molecule has 0 aliphatic heterocycles. The van der Waals surface area contributed by atoms with Gasteiger partial charge >= 0.3 is 0 Å². The highest BCUT2D eigenvalue weighted by Crippen LogP contribution is 2.10. The minimum absolute atomic E-state index is 0.203. The summed E-state index contributed by atoms with van der Waals surface area (Å²) < 4.78 is 2.24. The first-order chi connectivity index (χ1) is 13.5. The summed E-state index contributed by atoms with van der Waals surface area (Å²) in [6.07, 6.45) is 0. The summed E-state index contributed by atoms with van der Waals surface area (Å²) in [5.74, 6) is -0.405. The van der Waals surface area contributed by atoms with Gasteiger partial charge in [-0.1, -0.05) is 30.3 Å².